The number of ether oxygens (including phenoxy) is 1. The van der Waals surface area contributed by atoms with Gasteiger partial charge in [-0.15, -0.1) is 0 Å². The molecule has 21 heavy (non-hydrogen) atoms. The summed E-state index contributed by atoms with van der Waals surface area (Å²) in [5.41, 5.74) is -0.431. The van der Waals surface area contributed by atoms with Crippen molar-refractivity contribution in [2.24, 2.45) is 7.05 Å². The minimum absolute atomic E-state index is 0.00522. The van der Waals surface area contributed by atoms with Crippen LogP contribution in [0.5, 0.6) is 0 Å². The Bertz CT molecular complexity index is 656. The van der Waals surface area contributed by atoms with Crippen molar-refractivity contribution in [1.82, 2.24) is 9.55 Å². The molecule has 1 N–H and O–H groups in total. The Hall–Kier alpha value is -2.44. The summed E-state index contributed by atoms with van der Waals surface area (Å²) in [5, 5.41) is 2.78. The molecule has 1 aromatic carbocycles. The summed E-state index contributed by atoms with van der Waals surface area (Å²) >= 11 is 0. The molecular formula is C14H15F2N3O2. The number of benzene rings is 1. The molecule has 0 spiro atoms. The van der Waals surface area contributed by atoms with Crippen molar-refractivity contribution >= 4 is 11.7 Å². The van der Waals surface area contributed by atoms with Crippen LogP contribution in [0.1, 0.15) is 16.2 Å². The standard InChI is InChI=1S/C14H15F2N3O2/c1-19-8-7-18-11(19)5-6-17-10-4-3-9(14(20)21-2)12(15)13(10)16/h3-4,7-8,17H,5-6H2,1-2H3. The quantitative estimate of drug-likeness (QED) is 0.859. The van der Waals surface area contributed by atoms with Crippen LogP contribution in [0, 0.1) is 11.6 Å². The van der Waals surface area contributed by atoms with Gasteiger partial charge >= 0.3 is 5.97 Å². The van der Waals surface area contributed by atoms with Crippen LogP contribution in [0.15, 0.2) is 24.5 Å². The highest BCUT2D eigenvalue weighted by atomic mass is 19.2. The smallest absolute Gasteiger partial charge is 0.340 e. The van der Waals surface area contributed by atoms with Crippen LogP contribution in [0.2, 0.25) is 0 Å². The zero-order valence-electron chi connectivity index (χ0n) is 11.7. The second-order valence-electron chi connectivity index (χ2n) is 4.41. The SMILES string of the molecule is COC(=O)c1ccc(NCCc2nccn2C)c(F)c1F. The number of nitrogens with zero attached hydrogens (tertiary/aromatic N) is 2. The van der Waals surface area contributed by atoms with Gasteiger partial charge in [0.15, 0.2) is 11.6 Å². The molecule has 0 fully saturated rings. The maximum atomic E-state index is 13.8. The van der Waals surface area contributed by atoms with E-state index in [-0.39, 0.29) is 5.69 Å². The maximum Gasteiger partial charge on any atom is 0.340 e. The van der Waals surface area contributed by atoms with Gasteiger partial charge in [0.1, 0.15) is 5.82 Å². The van der Waals surface area contributed by atoms with Gasteiger partial charge in [-0.1, -0.05) is 0 Å². The molecule has 0 unspecified atom stereocenters. The number of rotatable bonds is 5. The van der Waals surface area contributed by atoms with E-state index >= 15 is 0 Å². The van der Waals surface area contributed by atoms with Gasteiger partial charge in [0, 0.05) is 32.4 Å². The Labute approximate surface area is 120 Å². The van der Waals surface area contributed by atoms with Gasteiger partial charge in [-0.2, -0.15) is 0 Å². The summed E-state index contributed by atoms with van der Waals surface area (Å²) in [5.74, 6) is -2.40. The van der Waals surface area contributed by atoms with E-state index < -0.39 is 23.2 Å². The van der Waals surface area contributed by atoms with E-state index in [0.717, 1.165) is 12.9 Å². The van der Waals surface area contributed by atoms with E-state index in [1.54, 1.807) is 12.4 Å². The van der Waals surface area contributed by atoms with Crippen LogP contribution in [0.3, 0.4) is 0 Å². The predicted molar refractivity (Wildman–Crippen MR) is 73.1 cm³/mol. The summed E-state index contributed by atoms with van der Waals surface area (Å²) in [4.78, 5) is 15.4. The van der Waals surface area contributed by atoms with E-state index in [9.17, 15) is 13.6 Å². The van der Waals surface area contributed by atoms with E-state index in [2.05, 4.69) is 15.0 Å². The van der Waals surface area contributed by atoms with Crippen LogP contribution in [-0.2, 0) is 18.2 Å². The molecule has 2 rings (SSSR count). The lowest BCUT2D eigenvalue weighted by molar-refractivity contribution is 0.0594. The lowest BCUT2D eigenvalue weighted by Crippen LogP contribution is -2.12. The van der Waals surface area contributed by atoms with Crippen molar-refractivity contribution in [2.75, 3.05) is 19.0 Å². The van der Waals surface area contributed by atoms with Gasteiger partial charge in [-0.05, 0) is 12.1 Å². The number of carbonyl (C=O) groups is 1. The van der Waals surface area contributed by atoms with Gasteiger partial charge in [0.25, 0.3) is 0 Å². The molecule has 1 heterocycles. The van der Waals surface area contributed by atoms with Crippen LogP contribution in [0.25, 0.3) is 0 Å². The number of hydrogen-bond acceptors (Lipinski definition) is 4. The highest BCUT2D eigenvalue weighted by Gasteiger charge is 2.18. The number of halogens is 2. The number of methoxy groups -OCH3 is 1. The Morgan fingerprint density at radius 2 is 2.14 bits per heavy atom. The van der Waals surface area contributed by atoms with Gasteiger partial charge in [-0.25, -0.2) is 18.6 Å². The van der Waals surface area contributed by atoms with Crippen LogP contribution in [-0.4, -0.2) is 29.2 Å². The van der Waals surface area contributed by atoms with E-state index in [1.807, 2.05) is 11.6 Å². The number of imidazole rings is 1. The number of aryl methyl sites for hydroxylation is 1. The second-order valence-corrected chi connectivity index (χ2v) is 4.41. The zero-order valence-corrected chi connectivity index (χ0v) is 11.7. The summed E-state index contributed by atoms with van der Waals surface area (Å²) in [6, 6.07) is 2.50. The van der Waals surface area contributed by atoms with Crippen molar-refractivity contribution in [2.45, 2.75) is 6.42 Å². The summed E-state index contributed by atoms with van der Waals surface area (Å²) in [7, 11) is 2.96. The van der Waals surface area contributed by atoms with E-state index in [1.165, 1.54) is 12.1 Å². The van der Waals surface area contributed by atoms with Gasteiger partial charge in [0.2, 0.25) is 0 Å². The van der Waals surface area contributed by atoms with Crippen molar-refractivity contribution < 1.29 is 18.3 Å². The number of carbonyl (C=O) groups excluding carboxylic acids is 1. The summed E-state index contributed by atoms with van der Waals surface area (Å²) in [6.07, 6.45) is 4.03. The number of nitrogens with one attached hydrogen (secondary N) is 1. The second kappa shape index (κ2) is 6.34. The fraction of sp³-hybridized carbons (Fsp3) is 0.286. The molecule has 2 aromatic rings. The lowest BCUT2D eigenvalue weighted by atomic mass is 10.1. The van der Waals surface area contributed by atoms with Gasteiger partial charge < -0.3 is 14.6 Å². The normalized spacial score (nSPS) is 10.5. The fourth-order valence-electron chi connectivity index (χ4n) is 1.90. The molecule has 0 aliphatic heterocycles. The first kappa shape index (κ1) is 15.0. The van der Waals surface area contributed by atoms with E-state index in [0.29, 0.717) is 13.0 Å². The third-order valence-electron chi connectivity index (χ3n) is 3.07. The Balaban J connectivity index is 2.06. The third-order valence-corrected chi connectivity index (χ3v) is 3.07. The summed E-state index contributed by atoms with van der Waals surface area (Å²) < 4.78 is 33.8. The molecule has 0 aliphatic rings. The maximum absolute atomic E-state index is 13.8. The monoisotopic (exact) mass is 295 g/mol. The molecule has 0 radical (unpaired) electrons. The Kier molecular flexibility index (Phi) is 4.52. The average molecular weight is 295 g/mol. The molecule has 0 amide bonds. The van der Waals surface area contributed by atoms with Gasteiger partial charge in [-0.3, -0.25) is 0 Å². The van der Waals surface area contributed by atoms with Crippen molar-refractivity contribution in [3.05, 3.63) is 47.5 Å². The lowest BCUT2D eigenvalue weighted by Gasteiger charge is -2.10. The van der Waals surface area contributed by atoms with Gasteiger partial charge in [0.05, 0.1) is 18.4 Å². The number of esters is 1. The highest BCUT2D eigenvalue weighted by molar-refractivity contribution is 5.90. The first-order valence-corrected chi connectivity index (χ1v) is 6.31. The first-order valence-electron chi connectivity index (χ1n) is 6.31. The minimum atomic E-state index is -1.22. The highest BCUT2D eigenvalue weighted by Crippen LogP contribution is 2.21. The molecular weight excluding hydrogens is 280 g/mol. The summed E-state index contributed by atoms with van der Waals surface area (Å²) in [6.45, 7) is 0.388. The number of hydrogen-bond donors (Lipinski definition) is 1. The Morgan fingerprint density at radius 1 is 1.38 bits per heavy atom. The molecule has 0 atom stereocenters. The molecule has 0 bridgehead atoms. The van der Waals surface area contributed by atoms with Crippen LogP contribution >= 0.6 is 0 Å². The molecule has 0 aliphatic carbocycles. The minimum Gasteiger partial charge on any atom is -0.465 e. The molecule has 0 saturated carbocycles. The number of anilines is 1. The van der Waals surface area contributed by atoms with Crippen LogP contribution < -0.4 is 5.32 Å². The Morgan fingerprint density at radius 3 is 2.76 bits per heavy atom. The van der Waals surface area contributed by atoms with Crippen molar-refractivity contribution in [3.63, 3.8) is 0 Å². The zero-order chi connectivity index (χ0) is 15.4. The largest absolute Gasteiger partial charge is 0.465 e. The first-order chi connectivity index (χ1) is 10.0. The average Bonchev–Trinajstić information content (AvgIpc) is 2.88. The number of aromatic nitrogens is 2. The third kappa shape index (κ3) is 3.18. The van der Waals surface area contributed by atoms with Crippen molar-refractivity contribution in [3.8, 4) is 0 Å². The molecule has 0 saturated heterocycles. The van der Waals surface area contributed by atoms with Crippen LogP contribution in [0.4, 0.5) is 14.5 Å². The molecule has 7 heteroatoms. The predicted octanol–water partition coefficient (Wildman–Crippen LogP) is 2.14. The fourth-order valence-corrected chi connectivity index (χ4v) is 1.90. The van der Waals surface area contributed by atoms with E-state index in [4.69, 9.17) is 0 Å². The van der Waals surface area contributed by atoms with Crippen molar-refractivity contribution in [1.29, 1.82) is 0 Å². The molecule has 5 nitrogen and oxygen atoms in total. The molecule has 1 aromatic heterocycles. The topological polar surface area (TPSA) is 56.1 Å². The molecule has 112 valence electrons.